The van der Waals surface area contributed by atoms with Crippen molar-refractivity contribution < 1.29 is 4.74 Å². The molecule has 6 nitrogen and oxygen atoms in total. The third-order valence-corrected chi connectivity index (χ3v) is 5.21. The Balaban J connectivity index is 2.05. The fourth-order valence-electron chi connectivity index (χ4n) is 3.59. The van der Waals surface area contributed by atoms with E-state index in [9.17, 15) is 0 Å². The Kier molecular flexibility index (Phi) is 6.52. The molecule has 29 heavy (non-hydrogen) atoms. The quantitative estimate of drug-likeness (QED) is 0.516. The van der Waals surface area contributed by atoms with Crippen LogP contribution in [0.4, 0.5) is 5.82 Å². The second-order valence-corrected chi connectivity index (χ2v) is 8.19. The molecule has 0 saturated heterocycles. The van der Waals surface area contributed by atoms with Gasteiger partial charge in [-0.3, -0.25) is 0 Å². The van der Waals surface area contributed by atoms with Crippen LogP contribution in [-0.2, 0) is 11.3 Å². The lowest BCUT2D eigenvalue weighted by molar-refractivity contribution is 0.191. The Morgan fingerprint density at radius 3 is 2.48 bits per heavy atom. The average Bonchev–Trinajstić information content (AvgIpc) is 2.98. The van der Waals surface area contributed by atoms with Crippen molar-refractivity contribution in [3.8, 4) is 11.3 Å². The number of hydrogen-bond donors (Lipinski definition) is 0. The van der Waals surface area contributed by atoms with Crippen LogP contribution in [0.5, 0.6) is 0 Å². The van der Waals surface area contributed by atoms with Crippen LogP contribution in [0.15, 0.2) is 18.3 Å². The van der Waals surface area contributed by atoms with Crippen LogP contribution in [0.25, 0.3) is 22.4 Å². The standard InChI is InChI=1S/C23H33N5O/c1-15(2)19-11-10-18(22(25-19)27(5)6)21-17(4)24-23-20(26-21)16(3)14-28(23)12-8-9-13-29-7/h10-11,14-15H,8-9,12-13H2,1-7H3. The highest BCUT2D eigenvalue weighted by molar-refractivity contribution is 5.82. The van der Waals surface area contributed by atoms with Crippen molar-refractivity contribution in [2.24, 2.45) is 0 Å². The zero-order valence-corrected chi connectivity index (χ0v) is 18.8. The molecule has 0 amide bonds. The Morgan fingerprint density at radius 1 is 1.07 bits per heavy atom. The molecular formula is C23H33N5O. The van der Waals surface area contributed by atoms with Crippen LogP contribution in [0, 0.1) is 13.8 Å². The zero-order valence-electron chi connectivity index (χ0n) is 18.8. The molecule has 0 bridgehead atoms. The highest BCUT2D eigenvalue weighted by Gasteiger charge is 2.18. The molecule has 3 heterocycles. The maximum atomic E-state index is 5.16. The normalized spacial score (nSPS) is 11.6. The van der Waals surface area contributed by atoms with E-state index < -0.39 is 0 Å². The molecule has 0 N–H and O–H groups in total. The van der Waals surface area contributed by atoms with Crippen molar-refractivity contribution in [3.05, 3.63) is 35.3 Å². The van der Waals surface area contributed by atoms with Gasteiger partial charge in [-0.1, -0.05) is 13.8 Å². The minimum atomic E-state index is 0.381. The molecule has 6 heteroatoms. The Labute approximate surface area is 174 Å². The molecule has 0 aliphatic heterocycles. The fraction of sp³-hybridized carbons (Fsp3) is 0.522. The number of nitrogens with zero attached hydrogens (tertiary/aromatic N) is 5. The SMILES string of the molecule is COCCCCn1cc(C)c2nc(-c3ccc(C(C)C)nc3N(C)C)c(C)nc21. The van der Waals surface area contributed by atoms with E-state index in [4.69, 9.17) is 19.7 Å². The number of ether oxygens (including phenoxy) is 1. The number of pyridine rings is 1. The van der Waals surface area contributed by atoms with Crippen molar-refractivity contribution in [1.82, 2.24) is 19.5 Å². The van der Waals surface area contributed by atoms with Crippen LogP contribution < -0.4 is 4.90 Å². The second kappa shape index (κ2) is 8.91. The number of rotatable bonds is 8. The average molecular weight is 396 g/mol. The van der Waals surface area contributed by atoms with Crippen molar-refractivity contribution in [2.75, 3.05) is 32.7 Å². The van der Waals surface area contributed by atoms with Gasteiger partial charge in [0.25, 0.3) is 0 Å². The van der Waals surface area contributed by atoms with Gasteiger partial charge in [-0.05, 0) is 50.3 Å². The van der Waals surface area contributed by atoms with Gasteiger partial charge in [0, 0.05) is 51.8 Å². The van der Waals surface area contributed by atoms with E-state index in [0.29, 0.717) is 5.92 Å². The first-order valence-electron chi connectivity index (χ1n) is 10.3. The van der Waals surface area contributed by atoms with E-state index >= 15 is 0 Å². The second-order valence-electron chi connectivity index (χ2n) is 8.19. The number of fused-ring (bicyclic) bond motifs is 1. The monoisotopic (exact) mass is 395 g/mol. The van der Waals surface area contributed by atoms with Crippen molar-refractivity contribution in [2.45, 2.75) is 53.0 Å². The maximum absolute atomic E-state index is 5.16. The summed E-state index contributed by atoms with van der Waals surface area (Å²) in [4.78, 5) is 17.0. The fourth-order valence-corrected chi connectivity index (χ4v) is 3.59. The summed E-state index contributed by atoms with van der Waals surface area (Å²) in [6, 6.07) is 4.24. The topological polar surface area (TPSA) is 56.1 Å². The molecule has 3 rings (SSSR count). The summed E-state index contributed by atoms with van der Waals surface area (Å²) in [5.41, 5.74) is 7.02. The van der Waals surface area contributed by atoms with E-state index in [1.54, 1.807) is 7.11 Å². The summed E-state index contributed by atoms with van der Waals surface area (Å²) < 4.78 is 7.38. The smallest absolute Gasteiger partial charge is 0.159 e. The first-order chi connectivity index (χ1) is 13.8. The molecule has 3 aromatic heterocycles. The van der Waals surface area contributed by atoms with Crippen LogP contribution in [0.3, 0.4) is 0 Å². The zero-order chi connectivity index (χ0) is 21.1. The minimum absolute atomic E-state index is 0.381. The van der Waals surface area contributed by atoms with E-state index in [2.05, 4.69) is 48.6 Å². The first kappa shape index (κ1) is 21.2. The summed E-state index contributed by atoms with van der Waals surface area (Å²) in [6.07, 6.45) is 4.26. The molecular weight excluding hydrogens is 362 g/mol. The molecule has 3 aromatic rings. The molecule has 0 radical (unpaired) electrons. The molecule has 0 unspecified atom stereocenters. The van der Waals surface area contributed by atoms with Gasteiger partial charge in [0.1, 0.15) is 11.3 Å². The van der Waals surface area contributed by atoms with Crippen LogP contribution in [0.2, 0.25) is 0 Å². The van der Waals surface area contributed by atoms with Crippen molar-refractivity contribution in [3.63, 3.8) is 0 Å². The molecule has 0 aliphatic rings. The van der Waals surface area contributed by atoms with Crippen molar-refractivity contribution in [1.29, 1.82) is 0 Å². The predicted octanol–water partition coefficient (Wildman–Crippen LogP) is 4.73. The van der Waals surface area contributed by atoms with Crippen LogP contribution >= 0.6 is 0 Å². The molecule has 0 spiro atoms. The summed E-state index contributed by atoms with van der Waals surface area (Å²) >= 11 is 0. The highest BCUT2D eigenvalue weighted by Crippen LogP contribution is 2.32. The lowest BCUT2D eigenvalue weighted by atomic mass is 10.1. The van der Waals surface area contributed by atoms with Crippen LogP contribution in [0.1, 0.15) is 49.6 Å². The number of unbranched alkanes of at least 4 members (excludes halogenated alkanes) is 1. The minimum Gasteiger partial charge on any atom is -0.385 e. The summed E-state index contributed by atoms with van der Waals surface area (Å²) in [7, 11) is 5.80. The van der Waals surface area contributed by atoms with E-state index in [1.165, 1.54) is 0 Å². The molecule has 0 aliphatic carbocycles. The van der Waals surface area contributed by atoms with E-state index in [0.717, 1.165) is 71.2 Å². The number of anilines is 1. The Hall–Kier alpha value is -2.47. The number of methoxy groups -OCH3 is 1. The van der Waals surface area contributed by atoms with Gasteiger partial charge in [-0.15, -0.1) is 0 Å². The van der Waals surface area contributed by atoms with Gasteiger partial charge < -0.3 is 14.2 Å². The van der Waals surface area contributed by atoms with Gasteiger partial charge in [0.2, 0.25) is 0 Å². The van der Waals surface area contributed by atoms with Crippen molar-refractivity contribution >= 4 is 17.0 Å². The number of aryl methyl sites for hydroxylation is 3. The molecule has 0 aromatic carbocycles. The number of hydrogen-bond acceptors (Lipinski definition) is 5. The highest BCUT2D eigenvalue weighted by atomic mass is 16.5. The summed E-state index contributed by atoms with van der Waals surface area (Å²) in [5, 5.41) is 0. The van der Waals surface area contributed by atoms with Gasteiger partial charge in [-0.2, -0.15) is 0 Å². The van der Waals surface area contributed by atoms with E-state index in [-0.39, 0.29) is 0 Å². The first-order valence-corrected chi connectivity index (χ1v) is 10.3. The Bertz CT molecular complexity index is 991. The lowest BCUT2D eigenvalue weighted by Gasteiger charge is -2.19. The van der Waals surface area contributed by atoms with Gasteiger partial charge in [-0.25, -0.2) is 15.0 Å². The third kappa shape index (κ3) is 4.42. The summed E-state index contributed by atoms with van der Waals surface area (Å²) in [6.45, 7) is 10.2. The van der Waals surface area contributed by atoms with Crippen LogP contribution in [-0.4, -0.2) is 47.3 Å². The summed E-state index contributed by atoms with van der Waals surface area (Å²) in [5.74, 6) is 1.32. The van der Waals surface area contributed by atoms with Gasteiger partial charge in [0.15, 0.2) is 5.65 Å². The van der Waals surface area contributed by atoms with E-state index in [1.807, 2.05) is 21.0 Å². The van der Waals surface area contributed by atoms with Gasteiger partial charge in [0.05, 0.1) is 11.4 Å². The molecule has 0 fully saturated rings. The Morgan fingerprint density at radius 2 is 1.83 bits per heavy atom. The number of aromatic nitrogens is 4. The largest absolute Gasteiger partial charge is 0.385 e. The maximum Gasteiger partial charge on any atom is 0.159 e. The molecule has 0 atom stereocenters. The van der Waals surface area contributed by atoms with Gasteiger partial charge >= 0.3 is 0 Å². The predicted molar refractivity (Wildman–Crippen MR) is 120 cm³/mol. The molecule has 0 saturated carbocycles. The molecule has 156 valence electrons. The third-order valence-electron chi connectivity index (χ3n) is 5.21. The lowest BCUT2D eigenvalue weighted by Crippen LogP contribution is -2.14.